The van der Waals surface area contributed by atoms with Crippen molar-refractivity contribution in [3.8, 4) is 5.75 Å². The molecule has 0 aliphatic carbocycles. The Morgan fingerprint density at radius 3 is 1.90 bits per heavy atom. The van der Waals surface area contributed by atoms with Crippen LogP contribution in [0.5, 0.6) is 5.75 Å². The summed E-state index contributed by atoms with van der Waals surface area (Å²) in [5.74, 6) is -1.39. The van der Waals surface area contributed by atoms with Gasteiger partial charge in [0.05, 0.1) is 14.5 Å². The van der Waals surface area contributed by atoms with Crippen LogP contribution in [0.25, 0.3) is 0 Å². The number of hydrogen-bond donors (Lipinski definition) is 3. The van der Waals surface area contributed by atoms with E-state index in [2.05, 4.69) is 37.2 Å². The number of rotatable bonds is 3. The van der Waals surface area contributed by atoms with Gasteiger partial charge in [0.1, 0.15) is 5.75 Å². The minimum absolute atomic E-state index is 0.0406. The fourth-order valence-electron chi connectivity index (χ4n) is 1.61. The van der Waals surface area contributed by atoms with Gasteiger partial charge in [0.25, 0.3) is 5.91 Å². The lowest BCUT2D eigenvalue weighted by atomic mass is 10.1. The molecule has 21 heavy (non-hydrogen) atoms. The van der Waals surface area contributed by atoms with E-state index in [1.54, 1.807) is 12.1 Å². The Balaban J connectivity index is 2.20. The van der Waals surface area contributed by atoms with Gasteiger partial charge < -0.3 is 15.5 Å². The summed E-state index contributed by atoms with van der Waals surface area (Å²) in [5.41, 5.74) is 0.931. The Labute approximate surface area is 136 Å². The summed E-state index contributed by atoms with van der Waals surface area (Å²) < 4.78 is 0.877. The summed E-state index contributed by atoms with van der Waals surface area (Å²) in [6.45, 7) is 0. The highest BCUT2D eigenvalue weighted by atomic mass is 79.9. The number of phenolic OH excluding ortho intramolecular Hbond substituents is 1. The summed E-state index contributed by atoms with van der Waals surface area (Å²) in [5, 5.41) is 21.1. The Morgan fingerprint density at radius 2 is 1.43 bits per heavy atom. The first-order valence-electron chi connectivity index (χ1n) is 5.71. The zero-order valence-corrected chi connectivity index (χ0v) is 13.6. The molecule has 2 aromatic rings. The first kappa shape index (κ1) is 15.5. The topological polar surface area (TPSA) is 86.6 Å². The van der Waals surface area contributed by atoms with E-state index >= 15 is 0 Å². The molecule has 0 aliphatic heterocycles. The lowest BCUT2D eigenvalue weighted by molar-refractivity contribution is 0.0696. The highest BCUT2D eigenvalue weighted by Crippen LogP contribution is 2.35. The van der Waals surface area contributed by atoms with Gasteiger partial charge in [-0.3, -0.25) is 4.79 Å². The zero-order valence-electron chi connectivity index (χ0n) is 10.4. The van der Waals surface area contributed by atoms with E-state index in [0.717, 1.165) is 0 Å². The SMILES string of the molecule is O=C(O)c1ccc(C(=O)Nc2cc(Br)c(O)c(Br)c2)cc1. The second-order valence-corrected chi connectivity index (χ2v) is 5.83. The van der Waals surface area contributed by atoms with Gasteiger partial charge in [-0.25, -0.2) is 4.79 Å². The first-order valence-corrected chi connectivity index (χ1v) is 7.30. The molecule has 0 unspecified atom stereocenters. The lowest BCUT2D eigenvalue weighted by Gasteiger charge is -2.08. The van der Waals surface area contributed by atoms with Crippen LogP contribution in [0.15, 0.2) is 45.3 Å². The number of carbonyl (C=O) groups is 2. The van der Waals surface area contributed by atoms with Crippen molar-refractivity contribution in [1.82, 2.24) is 0 Å². The molecular formula is C14H9Br2NO4. The molecule has 0 aliphatic rings. The number of halogens is 2. The highest BCUT2D eigenvalue weighted by Gasteiger charge is 2.11. The molecule has 0 atom stereocenters. The maximum Gasteiger partial charge on any atom is 0.335 e. The standard InChI is InChI=1S/C14H9Br2NO4/c15-10-5-9(6-11(16)12(10)18)17-13(19)7-1-3-8(4-2-7)14(20)21/h1-6,18H,(H,17,19)(H,20,21). The molecule has 0 saturated carbocycles. The minimum atomic E-state index is -1.05. The molecule has 2 aromatic carbocycles. The molecular weight excluding hydrogens is 406 g/mol. The van der Waals surface area contributed by atoms with Crippen LogP contribution in [0.4, 0.5) is 5.69 Å². The smallest absolute Gasteiger partial charge is 0.335 e. The molecule has 7 heteroatoms. The number of carboxylic acid groups (broad SMARTS) is 1. The van der Waals surface area contributed by atoms with Gasteiger partial charge in [-0.1, -0.05) is 0 Å². The summed E-state index contributed by atoms with van der Waals surface area (Å²) in [6.07, 6.45) is 0. The summed E-state index contributed by atoms with van der Waals surface area (Å²) in [6, 6.07) is 8.71. The van der Waals surface area contributed by atoms with Crippen LogP contribution in [0, 0.1) is 0 Å². The van der Waals surface area contributed by atoms with Crippen LogP contribution >= 0.6 is 31.9 Å². The number of anilines is 1. The van der Waals surface area contributed by atoms with Crippen molar-refractivity contribution in [1.29, 1.82) is 0 Å². The number of phenols is 1. The van der Waals surface area contributed by atoms with Gasteiger partial charge in [-0.15, -0.1) is 0 Å². The average Bonchev–Trinajstić information content (AvgIpc) is 2.44. The summed E-state index contributed by atoms with van der Waals surface area (Å²) >= 11 is 6.34. The number of aromatic carboxylic acids is 1. The third-order valence-corrected chi connectivity index (χ3v) is 3.88. The van der Waals surface area contributed by atoms with Gasteiger partial charge in [-0.2, -0.15) is 0 Å². The van der Waals surface area contributed by atoms with Crippen LogP contribution in [-0.2, 0) is 0 Å². The molecule has 0 spiro atoms. The predicted molar refractivity (Wildman–Crippen MR) is 84.9 cm³/mol. The van der Waals surface area contributed by atoms with Crippen LogP contribution < -0.4 is 5.32 Å². The number of carboxylic acids is 1. The van der Waals surface area contributed by atoms with Gasteiger partial charge in [0.2, 0.25) is 0 Å². The van der Waals surface area contributed by atoms with Crippen LogP contribution in [0.1, 0.15) is 20.7 Å². The number of amides is 1. The quantitative estimate of drug-likeness (QED) is 0.665. The van der Waals surface area contributed by atoms with Crippen LogP contribution in [-0.4, -0.2) is 22.1 Å². The van der Waals surface area contributed by atoms with Gasteiger partial charge in [0.15, 0.2) is 0 Å². The number of carbonyl (C=O) groups excluding carboxylic acids is 1. The monoisotopic (exact) mass is 413 g/mol. The molecule has 5 nitrogen and oxygen atoms in total. The van der Waals surface area contributed by atoms with Gasteiger partial charge >= 0.3 is 5.97 Å². The summed E-state index contributed by atoms with van der Waals surface area (Å²) in [4.78, 5) is 22.8. The molecule has 0 bridgehead atoms. The van der Waals surface area contributed by atoms with E-state index in [0.29, 0.717) is 20.2 Å². The second kappa shape index (κ2) is 6.28. The maximum atomic E-state index is 12.1. The van der Waals surface area contributed by atoms with E-state index in [1.165, 1.54) is 24.3 Å². The lowest BCUT2D eigenvalue weighted by Crippen LogP contribution is -2.12. The average molecular weight is 415 g/mol. The Bertz CT molecular complexity index is 690. The minimum Gasteiger partial charge on any atom is -0.506 e. The van der Waals surface area contributed by atoms with Gasteiger partial charge in [0, 0.05) is 11.3 Å². The largest absolute Gasteiger partial charge is 0.506 e. The number of benzene rings is 2. The molecule has 1 amide bonds. The zero-order chi connectivity index (χ0) is 15.6. The van der Waals surface area contributed by atoms with Crippen molar-refractivity contribution in [3.63, 3.8) is 0 Å². The third kappa shape index (κ3) is 3.62. The maximum absolute atomic E-state index is 12.1. The number of aromatic hydroxyl groups is 1. The fourth-order valence-corrected chi connectivity index (χ4v) is 2.79. The molecule has 0 radical (unpaired) electrons. The Hall–Kier alpha value is -1.86. The van der Waals surface area contributed by atoms with Crippen molar-refractivity contribution in [2.75, 3.05) is 5.32 Å². The van der Waals surface area contributed by atoms with Crippen molar-refractivity contribution in [3.05, 3.63) is 56.5 Å². The van der Waals surface area contributed by atoms with Crippen LogP contribution in [0.2, 0.25) is 0 Å². The number of nitrogens with one attached hydrogen (secondary N) is 1. The normalized spacial score (nSPS) is 10.2. The molecule has 108 valence electrons. The van der Waals surface area contributed by atoms with E-state index in [9.17, 15) is 14.7 Å². The molecule has 0 fully saturated rings. The molecule has 0 heterocycles. The second-order valence-electron chi connectivity index (χ2n) is 4.13. The third-order valence-electron chi connectivity index (χ3n) is 2.67. The Morgan fingerprint density at radius 1 is 0.952 bits per heavy atom. The van der Waals surface area contributed by atoms with E-state index in [4.69, 9.17) is 5.11 Å². The summed E-state index contributed by atoms with van der Waals surface area (Å²) in [7, 11) is 0. The first-order chi connectivity index (χ1) is 9.88. The van der Waals surface area contributed by atoms with Crippen molar-refractivity contribution in [2.24, 2.45) is 0 Å². The molecule has 2 rings (SSSR count). The van der Waals surface area contributed by atoms with Crippen LogP contribution in [0.3, 0.4) is 0 Å². The van der Waals surface area contributed by atoms with Crippen molar-refractivity contribution >= 4 is 49.4 Å². The van der Waals surface area contributed by atoms with E-state index in [1.807, 2.05) is 0 Å². The van der Waals surface area contributed by atoms with E-state index in [-0.39, 0.29) is 17.2 Å². The highest BCUT2D eigenvalue weighted by molar-refractivity contribution is 9.11. The van der Waals surface area contributed by atoms with E-state index < -0.39 is 5.97 Å². The van der Waals surface area contributed by atoms with Crippen molar-refractivity contribution < 1.29 is 19.8 Å². The predicted octanol–water partition coefficient (Wildman–Crippen LogP) is 3.87. The molecule has 0 saturated heterocycles. The molecule has 0 aromatic heterocycles. The fraction of sp³-hybridized carbons (Fsp3) is 0. The Kier molecular flexibility index (Phi) is 4.64. The van der Waals surface area contributed by atoms with Gasteiger partial charge in [-0.05, 0) is 68.3 Å². The van der Waals surface area contributed by atoms with Crippen molar-refractivity contribution in [2.45, 2.75) is 0 Å². The number of hydrogen-bond acceptors (Lipinski definition) is 3. The molecule has 3 N–H and O–H groups in total.